The molecule has 0 bridgehead atoms. The highest BCUT2D eigenvalue weighted by Gasteiger charge is 2.10. The SMILES string of the molecule is CC1=CC(=N/C#N)/C(C)=CC/1=N/C#N. The van der Waals surface area contributed by atoms with E-state index >= 15 is 0 Å². The highest BCUT2D eigenvalue weighted by Crippen LogP contribution is 2.13. The van der Waals surface area contributed by atoms with Gasteiger partial charge < -0.3 is 0 Å². The largest absolute Gasteiger partial charge is 0.206 e. The van der Waals surface area contributed by atoms with E-state index < -0.39 is 0 Å². The van der Waals surface area contributed by atoms with Crippen molar-refractivity contribution in [1.29, 1.82) is 10.5 Å². The topological polar surface area (TPSA) is 72.3 Å². The van der Waals surface area contributed by atoms with Crippen LogP contribution in [0.2, 0.25) is 0 Å². The van der Waals surface area contributed by atoms with Crippen LogP contribution in [0.1, 0.15) is 13.8 Å². The van der Waals surface area contributed by atoms with Crippen molar-refractivity contribution in [3.63, 3.8) is 0 Å². The highest BCUT2D eigenvalue weighted by atomic mass is 14.8. The molecule has 0 N–H and O–H groups in total. The van der Waals surface area contributed by atoms with Gasteiger partial charge in [-0.1, -0.05) is 0 Å². The van der Waals surface area contributed by atoms with Crippen molar-refractivity contribution < 1.29 is 0 Å². The van der Waals surface area contributed by atoms with Crippen LogP contribution in [0.25, 0.3) is 0 Å². The van der Waals surface area contributed by atoms with Crippen LogP contribution in [-0.2, 0) is 0 Å². The molecule has 0 unspecified atom stereocenters. The Morgan fingerprint density at radius 2 is 1.29 bits per heavy atom. The van der Waals surface area contributed by atoms with Gasteiger partial charge in [0.2, 0.25) is 12.4 Å². The number of hydrogen-bond acceptors (Lipinski definition) is 4. The summed E-state index contributed by atoms with van der Waals surface area (Å²) >= 11 is 0. The summed E-state index contributed by atoms with van der Waals surface area (Å²) in [4.78, 5) is 7.30. The third kappa shape index (κ3) is 1.94. The zero-order valence-electron chi connectivity index (χ0n) is 7.94. The van der Waals surface area contributed by atoms with Gasteiger partial charge in [-0.15, -0.1) is 0 Å². The van der Waals surface area contributed by atoms with Crippen LogP contribution >= 0.6 is 0 Å². The molecule has 0 aromatic carbocycles. The second-order valence-corrected chi connectivity index (χ2v) is 2.85. The molecule has 14 heavy (non-hydrogen) atoms. The molecule has 0 fully saturated rings. The van der Waals surface area contributed by atoms with Crippen LogP contribution in [0, 0.1) is 22.9 Å². The van der Waals surface area contributed by atoms with Crippen LogP contribution in [0.5, 0.6) is 0 Å². The molecule has 0 atom stereocenters. The first-order valence-electron chi connectivity index (χ1n) is 4.00. The molecule has 4 nitrogen and oxygen atoms in total. The lowest BCUT2D eigenvalue weighted by atomic mass is 9.98. The molecule has 0 heterocycles. The molecular weight excluding hydrogens is 176 g/mol. The smallest absolute Gasteiger partial charge is 0.173 e. The molecule has 0 aromatic heterocycles. The molecule has 0 saturated heterocycles. The predicted molar refractivity (Wildman–Crippen MR) is 53.6 cm³/mol. The third-order valence-electron chi connectivity index (χ3n) is 1.86. The molecule has 68 valence electrons. The van der Waals surface area contributed by atoms with Crippen LogP contribution in [0.4, 0.5) is 0 Å². The van der Waals surface area contributed by atoms with Crippen LogP contribution in [-0.4, -0.2) is 11.4 Å². The van der Waals surface area contributed by atoms with Crippen LogP contribution in [0.3, 0.4) is 0 Å². The fraction of sp³-hybridized carbons (Fsp3) is 0.200. The van der Waals surface area contributed by atoms with E-state index in [9.17, 15) is 0 Å². The highest BCUT2D eigenvalue weighted by molar-refractivity contribution is 6.23. The summed E-state index contributed by atoms with van der Waals surface area (Å²) in [6.45, 7) is 3.65. The second kappa shape index (κ2) is 4.15. The maximum Gasteiger partial charge on any atom is 0.206 e. The lowest BCUT2D eigenvalue weighted by molar-refractivity contribution is 1.39. The Hall–Kier alpha value is -2.20. The predicted octanol–water partition coefficient (Wildman–Crippen LogP) is 1.74. The molecule has 0 aliphatic heterocycles. The summed E-state index contributed by atoms with van der Waals surface area (Å²) in [6, 6.07) is 0. The van der Waals surface area contributed by atoms with Crippen molar-refractivity contribution in [1.82, 2.24) is 0 Å². The maximum absolute atomic E-state index is 8.42. The summed E-state index contributed by atoms with van der Waals surface area (Å²) in [5.41, 5.74) is 2.93. The normalized spacial score (nSPS) is 21.1. The minimum Gasteiger partial charge on any atom is -0.173 e. The van der Waals surface area contributed by atoms with E-state index in [1.165, 1.54) is 0 Å². The summed E-state index contributed by atoms with van der Waals surface area (Å²) in [5.74, 6) is 0. The molecule has 0 saturated carbocycles. The van der Waals surface area contributed by atoms with Gasteiger partial charge in [-0.2, -0.15) is 20.5 Å². The zero-order valence-corrected chi connectivity index (χ0v) is 7.94. The standard InChI is InChI=1S/C10H8N4/c1-7-3-10(14-6-12)8(2)4-9(7)13-5-11/h3-4H,1-2H3/b13-9-,14-10-. The monoisotopic (exact) mass is 184 g/mol. The fourth-order valence-electron chi connectivity index (χ4n) is 1.13. The Morgan fingerprint density at radius 1 is 0.929 bits per heavy atom. The first kappa shape index (κ1) is 9.88. The van der Waals surface area contributed by atoms with E-state index in [-0.39, 0.29) is 0 Å². The second-order valence-electron chi connectivity index (χ2n) is 2.85. The Kier molecular flexibility index (Phi) is 2.93. The van der Waals surface area contributed by atoms with Crippen LogP contribution < -0.4 is 0 Å². The number of nitriles is 2. The lowest BCUT2D eigenvalue weighted by Crippen LogP contribution is -2.10. The Labute approximate surface area is 82.2 Å². The minimum atomic E-state index is 0.627. The Balaban J connectivity index is 3.17. The number of allylic oxidation sites excluding steroid dienone is 4. The summed E-state index contributed by atoms with van der Waals surface area (Å²) in [5, 5.41) is 16.8. The fourth-order valence-corrected chi connectivity index (χ4v) is 1.13. The van der Waals surface area contributed by atoms with Gasteiger partial charge in [-0.25, -0.2) is 0 Å². The van der Waals surface area contributed by atoms with Gasteiger partial charge in [0.25, 0.3) is 0 Å². The van der Waals surface area contributed by atoms with Gasteiger partial charge >= 0.3 is 0 Å². The summed E-state index contributed by atoms with van der Waals surface area (Å²) in [6.07, 6.45) is 6.96. The average molecular weight is 184 g/mol. The van der Waals surface area contributed by atoms with Crippen molar-refractivity contribution in [2.75, 3.05) is 0 Å². The van der Waals surface area contributed by atoms with E-state index in [0.717, 1.165) is 11.1 Å². The molecule has 0 aromatic rings. The van der Waals surface area contributed by atoms with Crippen LogP contribution in [0.15, 0.2) is 33.3 Å². The van der Waals surface area contributed by atoms with E-state index in [2.05, 4.69) is 9.98 Å². The van der Waals surface area contributed by atoms with Crippen molar-refractivity contribution in [3.8, 4) is 12.4 Å². The van der Waals surface area contributed by atoms with E-state index in [4.69, 9.17) is 10.5 Å². The number of hydrogen-bond donors (Lipinski definition) is 0. The van der Waals surface area contributed by atoms with Crippen molar-refractivity contribution in [2.24, 2.45) is 9.98 Å². The molecule has 0 spiro atoms. The molecule has 0 radical (unpaired) electrons. The molecule has 4 heteroatoms. The van der Waals surface area contributed by atoms with Gasteiger partial charge in [-0.05, 0) is 37.1 Å². The first-order chi connectivity index (χ1) is 6.69. The van der Waals surface area contributed by atoms with E-state index in [1.807, 2.05) is 13.8 Å². The third-order valence-corrected chi connectivity index (χ3v) is 1.86. The van der Waals surface area contributed by atoms with Gasteiger partial charge in [0.05, 0.1) is 11.4 Å². The van der Waals surface area contributed by atoms with E-state index in [1.54, 1.807) is 24.5 Å². The zero-order chi connectivity index (χ0) is 10.6. The summed E-state index contributed by atoms with van der Waals surface area (Å²) < 4.78 is 0. The minimum absolute atomic E-state index is 0.627. The number of nitrogens with zero attached hydrogens (tertiary/aromatic N) is 4. The lowest BCUT2D eigenvalue weighted by Gasteiger charge is -2.09. The van der Waals surface area contributed by atoms with Gasteiger partial charge in [-0.3, -0.25) is 0 Å². The maximum atomic E-state index is 8.42. The molecule has 1 aliphatic carbocycles. The molecule has 1 rings (SSSR count). The Bertz CT molecular complexity index is 405. The Morgan fingerprint density at radius 3 is 1.57 bits per heavy atom. The van der Waals surface area contributed by atoms with Gasteiger partial charge in [0.1, 0.15) is 0 Å². The summed E-state index contributed by atoms with van der Waals surface area (Å²) in [7, 11) is 0. The van der Waals surface area contributed by atoms with Crippen molar-refractivity contribution >= 4 is 11.4 Å². The first-order valence-corrected chi connectivity index (χ1v) is 4.00. The average Bonchev–Trinajstić information content (AvgIpc) is 2.14. The van der Waals surface area contributed by atoms with Crippen molar-refractivity contribution in [3.05, 3.63) is 23.3 Å². The molecule has 1 aliphatic rings. The van der Waals surface area contributed by atoms with Gasteiger partial charge in [0, 0.05) is 0 Å². The number of aliphatic imine (C=N–C) groups is 2. The van der Waals surface area contributed by atoms with E-state index in [0.29, 0.717) is 11.4 Å². The molecular formula is C10H8N4. The quantitative estimate of drug-likeness (QED) is 0.425. The molecule has 0 amide bonds. The van der Waals surface area contributed by atoms with Gasteiger partial charge in [0.15, 0.2) is 0 Å². The number of rotatable bonds is 0. The van der Waals surface area contributed by atoms with Crippen molar-refractivity contribution in [2.45, 2.75) is 13.8 Å².